The van der Waals surface area contributed by atoms with Crippen LogP contribution in [0.5, 0.6) is 5.75 Å². The number of benzene rings is 1. The van der Waals surface area contributed by atoms with E-state index in [-0.39, 0.29) is 28.8 Å². The summed E-state index contributed by atoms with van der Waals surface area (Å²) in [5.74, 6) is 0.176. The Balaban J connectivity index is 1.46. The molecule has 10 nitrogen and oxygen atoms in total. The maximum atomic E-state index is 14.3. The van der Waals surface area contributed by atoms with Crippen LogP contribution in [0.4, 0.5) is 26.0 Å². The molecule has 2 fully saturated rings. The van der Waals surface area contributed by atoms with E-state index >= 15 is 0 Å². The van der Waals surface area contributed by atoms with E-state index in [0.717, 1.165) is 36.9 Å². The fourth-order valence-corrected chi connectivity index (χ4v) is 4.91. The Bertz CT molecular complexity index is 1520. The predicted octanol–water partition coefficient (Wildman–Crippen LogP) is 5.57. The lowest BCUT2D eigenvalue weighted by atomic mass is 10.1. The van der Waals surface area contributed by atoms with Gasteiger partial charge in [0.05, 0.1) is 36.7 Å². The van der Waals surface area contributed by atoms with Crippen molar-refractivity contribution in [2.45, 2.75) is 44.8 Å². The van der Waals surface area contributed by atoms with E-state index in [1.807, 2.05) is 29.8 Å². The average molecular weight is 538 g/mol. The zero-order valence-corrected chi connectivity index (χ0v) is 21.7. The van der Waals surface area contributed by atoms with Crippen LogP contribution in [-0.2, 0) is 16.6 Å². The summed E-state index contributed by atoms with van der Waals surface area (Å²) in [6, 6.07) is 7.23. The lowest BCUT2D eigenvalue weighted by molar-refractivity contribution is -0.117. The van der Waals surface area contributed by atoms with E-state index in [4.69, 9.17) is 9.47 Å². The number of carbonyl (C=O) groups excluding carboxylic acids is 1. The molecule has 1 saturated carbocycles. The van der Waals surface area contributed by atoms with Crippen molar-refractivity contribution in [1.29, 1.82) is 0 Å². The smallest absolute Gasteiger partial charge is 0.295 e. The molecule has 0 radical (unpaired) electrons. The summed E-state index contributed by atoms with van der Waals surface area (Å²) in [5, 5.41) is 6.15. The molecule has 4 aromatic rings. The van der Waals surface area contributed by atoms with Crippen LogP contribution < -0.4 is 15.4 Å². The van der Waals surface area contributed by atoms with Gasteiger partial charge in [-0.2, -0.15) is 0 Å². The molecule has 1 amide bonds. The molecular formula is C27H29F2N7O3. The molecule has 0 bridgehead atoms. The average Bonchev–Trinajstić information content (AvgIpc) is 3.59. The van der Waals surface area contributed by atoms with Gasteiger partial charge in [-0.1, -0.05) is 6.07 Å². The van der Waals surface area contributed by atoms with Crippen molar-refractivity contribution < 1.29 is 23.0 Å². The van der Waals surface area contributed by atoms with Crippen LogP contribution in [0, 0.1) is 5.92 Å². The summed E-state index contributed by atoms with van der Waals surface area (Å²) >= 11 is 0. The molecule has 1 aromatic carbocycles. The van der Waals surface area contributed by atoms with Gasteiger partial charge >= 0.3 is 0 Å². The molecule has 1 atom stereocenters. The number of hydrogen-bond donors (Lipinski definition) is 2. The number of anilines is 3. The van der Waals surface area contributed by atoms with Crippen LogP contribution in [0.2, 0.25) is 0 Å². The SMILES string of the molecule is COc1cc(-c2cncn2C)ccc1Nc1cc(NC(=O)C2CC2)nc2c1nc(C(F)F)n2C1CCCCO1. The molecule has 1 aliphatic carbocycles. The van der Waals surface area contributed by atoms with E-state index in [1.165, 1.54) is 4.57 Å². The minimum Gasteiger partial charge on any atom is -0.495 e. The second kappa shape index (κ2) is 10.3. The third-order valence-electron chi connectivity index (χ3n) is 7.10. The summed E-state index contributed by atoms with van der Waals surface area (Å²) < 4.78 is 43.3. The van der Waals surface area contributed by atoms with Gasteiger partial charge < -0.3 is 24.7 Å². The molecule has 4 heterocycles. The number of nitrogens with zero attached hydrogens (tertiary/aromatic N) is 5. The van der Waals surface area contributed by atoms with Crippen LogP contribution >= 0.6 is 0 Å². The number of amides is 1. The highest BCUT2D eigenvalue weighted by atomic mass is 19.3. The summed E-state index contributed by atoms with van der Waals surface area (Å²) in [5.41, 5.74) is 3.28. The Labute approximate surface area is 223 Å². The number of ether oxygens (including phenoxy) is 2. The number of methoxy groups -OCH3 is 1. The van der Waals surface area contributed by atoms with E-state index < -0.39 is 18.5 Å². The molecule has 2 aliphatic rings. The number of carbonyl (C=O) groups is 1. The number of hydrogen-bond acceptors (Lipinski definition) is 7. The van der Waals surface area contributed by atoms with Gasteiger partial charge in [0.15, 0.2) is 11.5 Å². The normalized spacial score (nSPS) is 17.5. The molecule has 0 spiro atoms. The molecule has 39 heavy (non-hydrogen) atoms. The van der Waals surface area contributed by atoms with Crippen molar-refractivity contribution in [2.24, 2.45) is 13.0 Å². The van der Waals surface area contributed by atoms with Gasteiger partial charge in [0, 0.05) is 31.2 Å². The van der Waals surface area contributed by atoms with Gasteiger partial charge in [0.25, 0.3) is 6.43 Å². The highest BCUT2D eigenvalue weighted by molar-refractivity contribution is 5.97. The topological polar surface area (TPSA) is 108 Å². The number of aromatic nitrogens is 5. The third kappa shape index (κ3) is 4.91. The zero-order chi connectivity index (χ0) is 27.1. The van der Waals surface area contributed by atoms with Gasteiger partial charge in [-0.3, -0.25) is 9.36 Å². The first-order valence-corrected chi connectivity index (χ1v) is 13.0. The maximum Gasteiger partial charge on any atom is 0.295 e. The van der Waals surface area contributed by atoms with Crippen LogP contribution in [0.25, 0.3) is 22.4 Å². The fraction of sp³-hybridized carbons (Fsp3) is 0.407. The number of rotatable bonds is 8. The Morgan fingerprint density at radius 1 is 1.15 bits per heavy atom. The molecule has 204 valence electrons. The van der Waals surface area contributed by atoms with Crippen molar-refractivity contribution in [3.8, 4) is 17.0 Å². The Kier molecular flexibility index (Phi) is 6.63. The first-order valence-electron chi connectivity index (χ1n) is 13.0. The number of fused-ring (bicyclic) bond motifs is 1. The number of pyridine rings is 1. The number of halogens is 2. The standard InChI is InChI=1S/C27H29F2N7O3/c1-35-14-30-13-19(35)16-8-9-17(20(11-16)38-2)31-18-12-21(33-27(37)15-6-7-15)32-25-23(18)34-26(24(28)29)36(25)22-5-3-4-10-39-22/h8-9,11-15,22,24H,3-7,10H2,1-2H3,(H2,31,32,33,37). The van der Waals surface area contributed by atoms with Gasteiger partial charge in [-0.25, -0.2) is 23.7 Å². The fourth-order valence-electron chi connectivity index (χ4n) is 4.91. The van der Waals surface area contributed by atoms with Crippen LogP contribution in [0.3, 0.4) is 0 Å². The molecule has 12 heteroatoms. The second-order valence-electron chi connectivity index (χ2n) is 9.88. The van der Waals surface area contributed by atoms with Crippen molar-refractivity contribution in [2.75, 3.05) is 24.4 Å². The van der Waals surface area contributed by atoms with Gasteiger partial charge in [-0.15, -0.1) is 0 Å². The van der Waals surface area contributed by atoms with Crippen molar-refractivity contribution in [3.63, 3.8) is 0 Å². The molecular weight excluding hydrogens is 508 g/mol. The molecule has 6 rings (SSSR count). The minimum atomic E-state index is -2.84. The molecule has 1 unspecified atom stereocenters. The first kappa shape index (κ1) is 25.2. The predicted molar refractivity (Wildman–Crippen MR) is 141 cm³/mol. The van der Waals surface area contributed by atoms with Crippen molar-refractivity contribution in [1.82, 2.24) is 24.1 Å². The summed E-state index contributed by atoms with van der Waals surface area (Å²) in [7, 11) is 3.46. The highest BCUT2D eigenvalue weighted by Crippen LogP contribution is 2.39. The largest absolute Gasteiger partial charge is 0.495 e. The van der Waals surface area contributed by atoms with E-state index in [2.05, 4.69) is 25.6 Å². The van der Waals surface area contributed by atoms with E-state index in [9.17, 15) is 13.6 Å². The molecule has 1 aliphatic heterocycles. The Morgan fingerprint density at radius 2 is 2.00 bits per heavy atom. The van der Waals surface area contributed by atoms with Gasteiger partial charge in [0.1, 0.15) is 23.3 Å². The lowest BCUT2D eigenvalue weighted by Crippen LogP contribution is -2.21. The number of aryl methyl sites for hydroxylation is 1. The minimum absolute atomic E-state index is 0.0539. The first-order chi connectivity index (χ1) is 18.9. The quantitative estimate of drug-likeness (QED) is 0.303. The summed E-state index contributed by atoms with van der Waals surface area (Å²) in [4.78, 5) is 25.7. The molecule has 2 N–H and O–H groups in total. The Morgan fingerprint density at radius 3 is 2.67 bits per heavy atom. The molecule has 3 aromatic heterocycles. The van der Waals surface area contributed by atoms with E-state index in [1.54, 1.807) is 25.7 Å². The van der Waals surface area contributed by atoms with Crippen LogP contribution in [0.15, 0.2) is 36.8 Å². The monoisotopic (exact) mass is 537 g/mol. The highest BCUT2D eigenvalue weighted by Gasteiger charge is 2.32. The Hall–Kier alpha value is -4.06. The van der Waals surface area contributed by atoms with Gasteiger partial charge in [0.2, 0.25) is 5.91 Å². The van der Waals surface area contributed by atoms with E-state index in [0.29, 0.717) is 30.2 Å². The maximum absolute atomic E-state index is 14.3. The van der Waals surface area contributed by atoms with Crippen molar-refractivity contribution >= 4 is 34.3 Å². The van der Waals surface area contributed by atoms with Crippen LogP contribution in [0.1, 0.15) is 50.6 Å². The number of nitrogens with one attached hydrogen (secondary N) is 2. The number of imidazole rings is 2. The third-order valence-corrected chi connectivity index (χ3v) is 7.10. The van der Waals surface area contributed by atoms with Crippen molar-refractivity contribution in [3.05, 3.63) is 42.6 Å². The van der Waals surface area contributed by atoms with Gasteiger partial charge in [-0.05, 0) is 44.2 Å². The summed E-state index contributed by atoms with van der Waals surface area (Å²) in [6.07, 6.45) is 3.94. The molecule has 1 saturated heterocycles. The summed E-state index contributed by atoms with van der Waals surface area (Å²) in [6.45, 7) is 0.469. The number of alkyl halides is 2. The van der Waals surface area contributed by atoms with Crippen LogP contribution in [-0.4, -0.2) is 43.7 Å². The lowest BCUT2D eigenvalue weighted by Gasteiger charge is -2.25. The zero-order valence-electron chi connectivity index (χ0n) is 21.7. The second-order valence-corrected chi connectivity index (χ2v) is 9.88.